The molecular weight excluding hydrogens is 299 g/mol. The van der Waals surface area contributed by atoms with Gasteiger partial charge in [-0.2, -0.15) is 0 Å². The Hall–Kier alpha value is -0.810. The number of benzene rings is 1. The summed E-state index contributed by atoms with van der Waals surface area (Å²) in [6.45, 7) is 1.01. The summed E-state index contributed by atoms with van der Waals surface area (Å²) in [6.07, 6.45) is 2.58. The van der Waals surface area contributed by atoms with E-state index in [1.807, 2.05) is 18.2 Å². The lowest BCUT2D eigenvalue weighted by atomic mass is 10.1. The van der Waals surface area contributed by atoms with E-state index in [9.17, 15) is 4.79 Å². The molecule has 116 valence electrons. The van der Waals surface area contributed by atoms with Gasteiger partial charge in [-0.05, 0) is 25.0 Å². The first-order chi connectivity index (χ1) is 8.43. The molecule has 1 aromatic rings. The monoisotopic (exact) mass is 322 g/mol. The number of aliphatic carboxylic acids is 1. The Labute approximate surface area is 133 Å². The fraction of sp³-hybridized carbons (Fsp3) is 0.500. The third kappa shape index (κ3) is 7.10. The summed E-state index contributed by atoms with van der Waals surface area (Å²) < 4.78 is 0.829. The molecule has 1 rings (SSSR count). The molecule has 6 heteroatoms. The SMILES string of the molecule is C[N+](C)(CCCCC([NH3+])C(=O)O)c1ccccc1.[Cl-].[Cl-]. The molecule has 0 aliphatic carbocycles. The topological polar surface area (TPSA) is 64.9 Å². The normalized spacial score (nSPS) is 11.9. The van der Waals surface area contributed by atoms with E-state index in [0.29, 0.717) is 6.42 Å². The number of quaternary nitrogens is 2. The van der Waals surface area contributed by atoms with Crippen LogP contribution in [-0.4, -0.2) is 37.8 Å². The largest absolute Gasteiger partial charge is 1.00 e. The van der Waals surface area contributed by atoms with Crippen molar-refractivity contribution >= 4 is 11.7 Å². The van der Waals surface area contributed by atoms with Gasteiger partial charge in [0.25, 0.3) is 0 Å². The van der Waals surface area contributed by atoms with E-state index in [0.717, 1.165) is 23.9 Å². The number of unbranched alkanes of at least 4 members (excludes halogenated alkanes) is 1. The van der Waals surface area contributed by atoms with Crippen molar-refractivity contribution in [3.05, 3.63) is 30.3 Å². The second-order valence-electron chi connectivity index (χ2n) is 5.28. The highest BCUT2D eigenvalue weighted by Crippen LogP contribution is 2.18. The highest BCUT2D eigenvalue weighted by molar-refractivity contribution is 5.71. The van der Waals surface area contributed by atoms with E-state index in [2.05, 4.69) is 32.0 Å². The summed E-state index contributed by atoms with van der Waals surface area (Å²) in [6, 6.07) is 9.89. The van der Waals surface area contributed by atoms with Gasteiger partial charge in [-0.1, -0.05) is 18.2 Å². The Balaban J connectivity index is 0. The first-order valence-corrected chi connectivity index (χ1v) is 6.38. The van der Waals surface area contributed by atoms with Gasteiger partial charge in [-0.25, -0.2) is 4.79 Å². The van der Waals surface area contributed by atoms with Crippen LogP contribution in [0.3, 0.4) is 0 Å². The van der Waals surface area contributed by atoms with Crippen molar-refractivity contribution in [3.63, 3.8) is 0 Å². The molecule has 0 heterocycles. The van der Waals surface area contributed by atoms with Gasteiger partial charge >= 0.3 is 5.97 Å². The van der Waals surface area contributed by atoms with Gasteiger partial charge in [0.15, 0.2) is 6.04 Å². The van der Waals surface area contributed by atoms with Crippen LogP contribution in [0.4, 0.5) is 5.69 Å². The minimum Gasteiger partial charge on any atom is -1.00 e. The number of nitrogens with zero attached hydrogens (tertiary/aromatic N) is 1. The molecule has 0 radical (unpaired) electrons. The molecule has 4 nitrogen and oxygen atoms in total. The van der Waals surface area contributed by atoms with Crippen LogP contribution in [-0.2, 0) is 4.79 Å². The minimum absolute atomic E-state index is 0. The van der Waals surface area contributed by atoms with Gasteiger partial charge in [-0.3, -0.25) is 4.48 Å². The smallest absolute Gasteiger partial charge is 0.362 e. The van der Waals surface area contributed by atoms with Gasteiger partial charge < -0.3 is 35.7 Å². The summed E-state index contributed by atoms with van der Waals surface area (Å²) in [5.74, 6) is -0.799. The van der Waals surface area contributed by atoms with Crippen LogP contribution in [0, 0.1) is 0 Å². The zero-order valence-corrected chi connectivity index (χ0v) is 13.6. The molecule has 1 unspecified atom stereocenters. The van der Waals surface area contributed by atoms with Crippen LogP contribution < -0.4 is 35.0 Å². The number of hydrogen-bond acceptors (Lipinski definition) is 1. The summed E-state index contributed by atoms with van der Waals surface area (Å²) >= 11 is 0. The molecule has 0 saturated carbocycles. The Morgan fingerprint density at radius 3 is 2.25 bits per heavy atom. The van der Waals surface area contributed by atoms with Crippen LogP contribution >= 0.6 is 0 Å². The first kappa shape index (κ1) is 21.5. The van der Waals surface area contributed by atoms with E-state index in [4.69, 9.17) is 5.11 Å². The highest BCUT2D eigenvalue weighted by atomic mass is 35.5. The molecule has 1 aromatic carbocycles. The van der Waals surface area contributed by atoms with Crippen molar-refractivity contribution in [2.75, 3.05) is 20.6 Å². The van der Waals surface area contributed by atoms with E-state index >= 15 is 0 Å². The third-order valence-electron chi connectivity index (χ3n) is 3.32. The van der Waals surface area contributed by atoms with Gasteiger partial charge in [0, 0.05) is 6.42 Å². The lowest BCUT2D eigenvalue weighted by Gasteiger charge is -2.29. The quantitative estimate of drug-likeness (QED) is 0.390. The second kappa shape index (κ2) is 10.00. The maximum Gasteiger partial charge on any atom is 0.362 e. The van der Waals surface area contributed by atoms with Gasteiger partial charge in [0.05, 0.1) is 20.6 Å². The summed E-state index contributed by atoms with van der Waals surface area (Å²) in [5.41, 5.74) is 4.90. The Morgan fingerprint density at radius 2 is 1.75 bits per heavy atom. The molecule has 0 aliphatic rings. The van der Waals surface area contributed by atoms with E-state index in [1.54, 1.807) is 0 Å². The van der Waals surface area contributed by atoms with Crippen LogP contribution in [0.5, 0.6) is 0 Å². The summed E-state index contributed by atoms with van der Waals surface area (Å²) in [5, 5.41) is 8.75. The number of carboxylic acids is 1. The van der Waals surface area contributed by atoms with E-state index in [-0.39, 0.29) is 24.8 Å². The Kier molecular flexibility index (Phi) is 10.7. The molecule has 0 bridgehead atoms. The first-order valence-electron chi connectivity index (χ1n) is 6.38. The van der Waals surface area contributed by atoms with Gasteiger partial charge in [0.2, 0.25) is 0 Å². The molecule has 20 heavy (non-hydrogen) atoms. The summed E-state index contributed by atoms with van der Waals surface area (Å²) in [4.78, 5) is 10.6. The maximum atomic E-state index is 10.6. The van der Waals surface area contributed by atoms with Crippen LogP contribution in [0.25, 0.3) is 0 Å². The Bertz CT molecular complexity index is 386. The molecule has 0 amide bonds. The second-order valence-corrected chi connectivity index (χ2v) is 5.28. The average molecular weight is 323 g/mol. The van der Waals surface area contributed by atoms with Crippen molar-refractivity contribution in [1.29, 1.82) is 0 Å². The molecule has 0 aromatic heterocycles. The van der Waals surface area contributed by atoms with Gasteiger partial charge in [0.1, 0.15) is 5.69 Å². The van der Waals surface area contributed by atoms with Crippen molar-refractivity contribution in [1.82, 2.24) is 4.48 Å². The molecule has 0 aliphatic heterocycles. The Morgan fingerprint density at radius 1 is 1.20 bits per heavy atom. The molecule has 0 fully saturated rings. The number of carbonyl (C=O) groups is 1. The number of hydrogen-bond donors (Lipinski definition) is 2. The number of para-hydroxylation sites is 1. The molecule has 0 saturated heterocycles. The van der Waals surface area contributed by atoms with E-state index < -0.39 is 12.0 Å². The third-order valence-corrected chi connectivity index (χ3v) is 3.32. The number of halogens is 2. The number of carboxylic acid groups (broad SMARTS) is 1. The average Bonchev–Trinajstić information content (AvgIpc) is 2.35. The fourth-order valence-electron chi connectivity index (χ4n) is 1.98. The van der Waals surface area contributed by atoms with Crippen LogP contribution in [0.15, 0.2) is 30.3 Å². The van der Waals surface area contributed by atoms with Crippen molar-refractivity contribution in [2.24, 2.45) is 0 Å². The predicted molar refractivity (Wildman–Crippen MR) is 73.1 cm³/mol. The highest BCUT2D eigenvalue weighted by Gasteiger charge is 2.19. The van der Waals surface area contributed by atoms with Crippen molar-refractivity contribution in [3.8, 4) is 0 Å². The minimum atomic E-state index is -0.799. The lowest BCUT2D eigenvalue weighted by molar-refractivity contribution is -0.409. The lowest BCUT2D eigenvalue weighted by Crippen LogP contribution is -3.00. The van der Waals surface area contributed by atoms with Crippen LogP contribution in [0.1, 0.15) is 19.3 Å². The molecule has 4 N–H and O–H groups in total. The van der Waals surface area contributed by atoms with Gasteiger partial charge in [-0.15, -0.1) is 0 Å². The van der Waals surface area contributed by atoms with E-state index in [1.165, 1.54) is 5.69 Å². The van der Waals surface area contributed by atoms with Crippen molar-refractivity contribution < 1.29 is 40.4 Å². The molecule has 0 spiro atoms. The molecular formula is C14H24Cl2N2O2. The predicted octanol–water partition coefficient (Wildman–Crippen LogP) is -4.87. The fourth-order valence-corrected chi connectivity index (χ4v) is 1.98. The molecule has 1 atom stereocenters. The standard InChI is InChI=1S/C14H22N2O2.2ClH/c1-16(2,12-8-4-3-5-9-12)11-7-6-10-13(15)14(17)18;;/h3-5,8-9,13H,6-7,10-11,15H2,1-2H3;2*1H. The summed E-state index contributed by atoms with van der Waals surface area (Å²) in [7, 11) is 4.35. The number of rotatable bonds is 7. The maximum absolute atomic E-state index is 10.6. The zero-order valence-electron chi connectivity index (χ0n) is 12.1. The van der Waals surface area contributed by atoms with Crippen LogP contribution in [0.2, 0.25) is 0 Å². The zero-order chi connectivity index (χ0) is 13.6. The van der Waals surface area contributed by atoms with Crippen molar-refractivity contribution in [2.45, 2.75) is 25.3 Å².